The maximum absolute atomic E-state index is 12.6. The molecule has 0 aliphatic carbocycles. The van der Waals surface area contributed by atoms with E-state index in [1.165, 1.54) is 49.8 Å². The maximum atomic E-state index is 12.6. The number of hydrogen-bond donors (Lipinski definition) is 1. The van der Waals surface area contributed by atoms with Crippen molar-refractivity contribution < 1.29 is 22.7 Å². The molecule has 0 radical (unpaired) electrons. The van der Waals surface area contributed by atoms with Crippen LogP contribution in [0.25, 0.3) is 10.1 Å². The summed E-state index contributed by atoms with van der Waals surface area (Å²) in [5.41, 5.74) is 0.494. The van der Waals surface area contributed by atoms with E-state index >= 15 is 0 Å². The Balaban J connectivity index is 1.71. The van der Waals surface area contributed by atoms with E-state index < -0.39 is 21.9 Å². The van der Waals surface area contributed by atoms with Gasteiger partial charge in [0.05, 0.1) is 18.6 Å². The summed E-state index contributed by atoms with van der Waals surface area (Å²) in [6.07, 6.45) is 0. The molecule has 3 aromatic rings. The lowest BCUT2D eigenvalue weighted by Crippen LogP contribution is -2.34. The molecule has 0 unspecified atom stereocenters. The van der Waals surface area contributed by atoms with E-state index in [0.717, 1.165) is 14.4 Å². The van der Waals surface area contributed by atoms with Crippen molar-refractivity contribution in [3.05, 3.63) is 58.4 Å². The average Bonchev–Trinajstić information content (AvgIpc) is 3.11. The number of thiophene rings is 1. The first-order valence-electron chi connectivity index (χ1n) is 8.34. The first-order chi connectivity index (χ1) is 13.7. The molecule has 29 heavy (non-hydrogen) atoms. The fraction of sp³-hybridized carbons (Fsp3) is 0.158. The Kier molecular flexibility index (Phi) is 6.23. The van der Waals surface area contributed by atoms with E-state index in [2.05, 4.69) is 5.32 Å². The van der Waals surface area contributed by atoms with E-state index in [1.54, 1.807) is 24.3 Å². The number of benzene rings is 2. The van der Waals surface area contributed by atoms with Crippen LogP contribution in [0, 0.1) is 0 Å². The van der Waals surface area contributed by atoms with Crippen molar-refractivity contribution >= 4 is 60.6 Å². The quantitative estimate of drug-likeness (QED) is 0.577. The van der Waals surface area contributed by atoms with Crippen molar-refractivity contribution in [3.63, 3.8) is 0 Å². The SMILES string of the molecule is COC(=O)c1cc2cc(NC(=O)CN(C)S(=O)(=O)c3ccc(Cl)cc3)ccc2s1. The molecule has 1 amide bonds. The summed E-state index contributed by atoms with van der Waals surface area (Å²) in [4.78, 5) is 24.5. The minimum Gasteiger partial charge on any atom is -0.465 e. The zero-order chi connectivity index (χ0) is 21.2. The smallest absolute Gasteiger partial charge is 0.348 e. The van der Waals surface area contributed by atoms with Crippen LogP contribution in [0.3, 0.4) is 0 Å². The Morgan fingerprint density at radius 3 is 2.48 bits per heavy atom. The maximum Gasteiger partial charge on any atom is 0.348 e. The van der Waals surface area contributed by atoms with Crippen molar-refractivity contribution in [1.82, 2.24) is 4.31 Å². The molecule has 2 aromatic carbocycles. The van der Waals surface area contributed by atoms with Gasteiger partial charge in [-0.3, -0.25) is 4.79 Å². The number of sulfonamides is 1. The molecule has 0 atom stereocenters. The first-order valence-corrected chi connectivity index (χ1v) is 11.0. The first kappa shape index (κ1) is 21.3. The van der Waals surface area contributed by atoms with E-state index in [0.29, 0.717) is 15.6 Å². The molecule has 0 fully saturated rings. The highest BCUT2D eigenvalue weighted by Crippen LogP contribution is 2.28. The Morgan fingerprint density at radius 1 is 1.14 bits per heavy atom. The van der Waals surface area contributed by atoms with Gasteiger partial charge in [0.2, 0.25) is 15.9 Å². The number of nitrogens with one attached hydrogen (secondary N) is 1. The molecular formula is C19H17ClN2O5S2. The van der Waals surface area contributed by atoms with Crippen LogP contribution in [0.1, 0.15) is 9.67 Å². The van der Waals surface area contributed by atoms with Crippen LogP contribution in [-0.4, -0.2) is 45.3 Å². The minimum atomic E-state index is -3.82. The molecule has 0 aliphatic heterocycles. The number of methoxy groups -OCH3 is 1. The molecule has 7 nitrogen and oxygen atoms in total. The van der Waals surface area contributed by atoms with Crippen LogP contribution in [0.15, 0.2) is 53.4 Å². The van der Waals surface area contributed by atoms with Gasteiger partial charge in [0.15, 0.2) is 0 Å². The van der Waals surface area contributed by atoms with E-state index in [-0.39, 0.29) is 11.4 Å². The number of fused-ring (bicyclic) bond motifs is 1. The molecule has 0 saturated carbocycles. The normalized spacial score (nSPS) is 11.6. The summed E-state index contributed by atoms with van der Waals surface area (Å²) in [6, 6.07) is 12.6. The number of hydrogen-bond acceptors (Lipinski definition) is 6. The molecule has 1 N–H and O–H groups in total. The van der Waals surface area contributed by atoms with Gasteiger partial charge in [-0.1, -0.05) is 11.6 Å². The van der Waals surface area contributed by atoms with Crippen LogP contribution in [0.2, 0.25) is 5.02 Å². The number of likely N-dealkylation sites (N-methyl/N-ethyl adjacent to an activating group) is 1. The van der Waals surface area contributed by atoms with Crippen LogP contribution < -0.4 is 5.32 Å². The molecule has 0 aliphatic rings. The number of nitrogens with zero attached hydrogens (tertiary/aromatic N) is 1. The van der Waals surface area contributed by atoms with Crippen molar-refractivity contribution in [1.29, 1.82) is 0 Å². The fourth-order valence-corrected chi connectivity index (χ4v) is 4.81. The summed E-state index contributed by atoms with van der Waals surface area (Å²) in [5, 5.41) is 3.87. The topological polar surface area (TPSA) is 92.8 Å². The average molecular weight is 453 g/mol. The van der Waals surface area contributed by atoms with Gasteiger partial charge in [-0.15, -0.1) is 11.3 Å². The van der Waals surface area contributed by atoms with Crippen LogP contribution in [-0.2, 0) is 19.6 Å². The van der Waals surface area contributed by atoms with Crippen molar-refractivity contribution in [2.75, 3.05) is 26.0 Å². The van der Waals surface area contributed by atoms with Crippen LogP contribution in [0.5, 0.6) is 0 Å². The zero-order valence-corrected chi connectivity index (χ0v) is 17.9. The molecule has 0 bridgehead atoms. The minimum absolute atomic E-state index is 0.0484. The Morgan fingerprint density at radius 2 is 1.83 bits per heavy atom. The van der Waals surface area contributed by atoms with Gasteiger partial charge in [0, 0.05) is 22.5 Å². The Labute approximate surface area is 176 Å². The van der Waals surface area contributed by atoms with Crippen molar-refractivity contribution in [3.8, 4) is 0 Å². The lowest BCUT2D eigenvalue weighted by atomic mass is 10.2. The third-order valence-corrected chi connectivity index (χ3v) is 7.24. The highest BCUT2D eigenvalue weighted by atomic mass is 35.5. The van der Waals surface area contributed by atoms with Crippen molar-refractivity contribution in [2.45, 2.75) is 4.90 Å². The van der Waals surface area contributed by atoms with Crippen LogP contribution >= 0.6 is 22.9 Å². The highest BCUT2D eigenvalue weighted by molar-refractivity contribution is 7.89. The number of carbonyl (C=O) groups is 2. The number of carbonyl (C=O) groups excluding carboxylic acids is 2. The third kappa shape index (κ3) is 4.76. The molecular weight excluding hydrogens is 436 g/mol. The standard InChI is InChI=1S/C19H17ClN2O5S2/c1-22(29(25,26)15-6-3-13(20)4-7-15)11-18(23)21-14-5-8-16-12(9-14)10-17(28-16)19(24)27-2/h3-10H,11H2,1-2H3,(H,21,23). The second-order valence-corrected chi connectivity index (χ2v) is 9.68. The number of esters is 1. The molecule has 1 aromatic heterocycles. The van der Waals surface area contributed by atoms with Crippen molar-refractivity contribution in [2.24, 2.45) is 0 Å². The van der Waals surface area contributed by atoms with Crippen LogP contribution in [0.4, 0.5) is 5.69 Å². The van der Waals surface area contributed by atoms with Gasteiger partial charge >= 0.3 is 5.97 Å². The predicted octanol–water partition coefficient (Wildman–Crippen LogP) is 3.60. The fourth-order valence-electron chi connectivity index (χ4n) is 2.60. The number of halogens is 1. The molecule has 0 spiro atoms. The summed E-state index contributed by atoms with van der Waals surface area (Å²) < 4.78 is 31.7. The summed E-state index contributed by atoms with van der Waals surface area (Å²) in [6.45, 7) is -0.361. The van der Waals surface area contributed by atoms with Gasteiger partial charge in [-0.05, 0) is 53.9 Å². The van der Waals surface area contributed by atoms with Gasteiger partial charge in [0.1, 0.15) is 4.88 Å². The third-order valence-electron chi connectivity index (χ3n) is 4.07. The number of rotatable bonds is 6. The van der Waals surface area contributed by atoms with Gasteiger partial charge in [-0.2, -0.15) is 4.31 Å². The molecule has 0 saturated heterocycles. The highest BCUT2D eigenvalue weighted by Gasteiger charge is 2.23. The molecule has 3 rings (SSSR count). The summed E-state index contributed by atoms with van der Waals surface area (Å²) in [7, 11) is -1.18. The van der Waals surface area contributed by atoms with E-state index in [9.17, 15) is 18.0 Å². The van der Waals surface area contributed by atoms with Gasteiger partial charge in [-0.25, -0.2) is 13.2 Å². The van der Waals surface area contributed by atoms with Gasteiger partial charge < -0.3 is 10.1 Å². The zero-order valence-electron chi connectivity index (χ0n) is 15.5. The van der Waals surface area contributed by atoms with Gasteiger partial charge in [0.25, 0.3) is 0 Å². The summed E-state index contributed by atoms with van der Waals surface area (Å²) >= 11 is 7.07. The Bertz CT molecular complexity index is 1170. The second-order valence-electron chi connectivity index (χ2n) is 6.12. The monoisotopic (exact) mass is 452 g/mol. The van der Waals surface area contributed by atoms with E-state index in [4.69, 9.17) is 16.3 Å². The number of anilines is 1. The lowest BCUT2D eigenvalue weighted by molar-refractivity contribution is -0.116. The van der Waals surface area contributed by atoms with E-state index in [1.807, 2.05) is 0 Å². The molecule has 1 heterocycles. The Hall–Kier alpha value is -2.46. The summed E-state index contributed by atoms with van der Waals surface area (Å²) in [5.74, 6) is -0.918. The largest absolute Gasteiger partial charge is 0.465 e. The number of amides is 1. The number of ether oxygens (including phenoxy) is 1. The lowest BCUT2D eigenvalue weighted by Gasteiger charge is -2.17. The second kappa shape index (κ2) is 8.50. The predicted molar refractivity (Wildman–Crippen MR) is 113 cm³/mol. The molecule has 10 heteroatoms. The molecule has 152 valence electrons.